The number of methoxy groups -OCH3 is 2. The molecule has 0 aliphatic rings. The second-order valence-electron chi connectivity index (χ2n) is 3.40. The van der Waals surface area contributed by atoms with E-state index in [4.69, 9.17) is 15.2 Å². The number of hydrogen-bond acceptors (Lipinski definition) is 6. The van der Waals surface area contributed by atoms with Crippen molar-refractivity contribution >= 4 is 11.9 Å². The summed E-state index contributed by atoms with van der Waals surface area (Å²) < 4.78 is 9.91. The molecule has 1 atom stereocenters. The normalized spacial score (nSPS) is 11.5. The molecule has 0 aliphatic carbocycles. The van der Waals surface area contributed by atoms with Crippen molar-refractivity contribution in [1.29, 1.82) is 0 Å². The predicted octanol–water partition coefficient (Wildman–Crippen LogP) is 0.336. The predicted molar refractivity (Wildman–Crippen MR) is 66.6 cm³/mol. The van der Waals surface area contributed by atoms with Crippen molar-refractivity contribution in [3.05, 3.63) is 18.7 Å². The van der Waals surface area contributed by atoms with Gasteiger partial charge in [-0.1, -0.05) is 6.08 Å². The first-order chi connectivity index (χ1) is 8.60. The topological polar surface area (TPSA) is 99.4 Å². The van der Waals surface area contributed by atoms with Gasteiger partial charge in [0.2, 0.25) is 23.6 Å². The van der Waals surface area contributed by atoms with Gasteiger partial charge in [0.15, 0.2) is 0 Å². The highest BCUT2D eigenvalue weighted by atomic mass is 16.5. The van der Waals surface area contributed by atoms with E-state index in [0.717, 1.165) is 0 Å². The highest BCUT2D eigenvalue weighted by Crippen LogP contribution is 2.17. The molecule has 3 N–H and O–H groups in total. The van der Waals surface area contributed by atoms with Crippen LogP contribution in [0.1, 0.15) is 6.42 Å². The summed E-state index contributed by atoms with van der Waals surface area (Å²) in [6.07, 6.45) is 1.93. The van der Waals surface area contributed by atoms with E-state index in [1.54, 1.807) is 6.08 Å². The van der Waals surface area contributed by atoms with E-state index in [1.165, 1.54) is 20.3 Å². The average Bonchev–Trinajstić information content (AvgIpc) is 2.38. The highest BCUT2D eigenvalue weighted by molar-refractivity contribution is 5.93. The fourth-order valence-electron chi connectivity index (χ4n) is 1.16. The Morgan fingerprint density at radius 3 is 2.50 bits per heavy atom. The zero-order valence-corrected chi connectivity index (χ0v) is 10.3. The van der Waals surface area contributed by atoms with Crippen molar-refractivity contribution in [2.45, 2.75) is 12.5 Å². The van der Waals surface area contributed by atoms with Gasteiger partial charge in [-0.3, -0.25) is 10.1 Å². The number of nitrogens with two attached hydrogens (primary N) is 1. The molecule has 7 nitrogen and oxygen atoms in total. The zero-order chi connectivity index (χ0) is 13.5. The maximum absolute atomic E-state index is 11.7. The third-order valence-corrected chi connectivity index (χ3v) is 2.09. The Labute approximate surface area is 105 Å². The lowest BCUT2D eigenvalue weighted by molar-refractivity contribution is -0.117. The monoisotopic (exact) mass is 252 g/mol. The van der Waals surface area contributed by atoms with Gasteiger partial charge in [0.25, 0.3) is 0 Å². The van der Waals surface area contributed by atoms with Gasteiger partial charge in [-0.15, -0.1) is 6.58 Å². The second kappa shape index (κ2) is 6.55. The molecule has 0 bridgehead atoms. The average molecular weight is 252 g/mol. The first kappa shape index (κ1) is 13.9. The maximum atomic E-state index is 11.7. The Hall–Kier alpha value is -2.15. The van der Waals surface area contributed by atoms with E-state index in [-0.39, 0.29) is 17.7 Å². The molecule has 0 radical (unpaired) electrons. The van der Waals surface area contributed by atoms with Crippen molar-refractivity contribution in [3.63, 3.8) is 0 Å². The Balaban J connectivity index is 2.83. The van der Waals surface area contributed by atoms with Crippen LogP contribution in [0.25, 0.3) is 0 Å². The third kappa shape index (κ3) is 3.70. The van der Waals surface area contributed by atoms with Gasteiger partial charge in [0.05, 0.1) is 26.3 Å². The molecule has 0 saturated carbocycles. The lowest BCUT2D eigenvalue weighted by Gasteiger charge is -2.10. The molecule has 0 aromatic carbocycles. The smallest absolute Gasteiger partial charge is 0.243 e. The molecule has 0 fully saturated rings. The largest absolute Gasteiger partial charge is 0.481 e. The van der Waals surface area contributed by atoms with E-state index < -0.39 is 11.9 Å². The van der Waals surface area contributed by atoms with E-state index in [0.29, 0.717) is 6.42 Å². The number of amides is 1. The number of carbonyl (C=O) groups is 1. The molecular formula is C11H16N4O3. The number of carbonyl (C=O) groups excluding carboxylic acids is 1. The summed E-state index contributed by atoms with van der Waals surface area (Å²) in [5.74, 6) is 0.254. The van der Waals surface area contributed by atoms with Crippen molar-refractivity contribution < 1.29 is 14.3 Å². The summed E-state index contributed by atoms with van der Waals surface area (Å²) in [4.78, 5) is 19.6. The molecule has 1 aromatic heterocycles. The van der Waals surface area contributed by atoms with Gasteiger partial charge in [-0.05, 0) is 6.42 Å². The van der Waals surface area contributed by atoms with Gasteiger partial charge >= 0.3 is 0 Å². The Bertz CT molecular complexity index is 414. The van der Waals surface area contributed by atoms with Crippen molar-refractivity contribution in [3.8, 4) is 11.8 Å². The van der Waals surface area contributed by atoms with Crippen LogP contribution < -0.4 is 20.5 Å². The van der Waals surface area contributed by atoms with E-state index in [1.807, 2.05) is 0 Å². The molecular weight excluding hydrogens is 236 g/mol. The van der Waals surface area contributed by atoms with Gasteiger partial charge in [-0.2, -0.15) is 9.97 Å². The standard InChI is InChI=1S/C11H16N4O3/c1-4-5-7(12)10(16)15-11-13-8(17-2)6-9(14-11)18-3/h4,6-7H,1,5,12H2,2-3H3,(H,13,14,15,16). The number of hydrogen-bond donors (Lipinski definition) is 2. The molecule has 7 heteroatoms. The summed E-state index contributed by atoms with van der Waals surface area (Å²) in [6, 6.07) is 0.808. The number of aromatic nitrogens is 2. The SMILES string of the molecule is C=CCC(N)C(=O)Nc1nc(OC)cc(OC)n1. The number of anilines is 1. The van der Waals surface area contributed by atoms with Crippen molar-refractivity contribution in [2.75, 3.05) is 19.5 Å². The Morgan fingerprint density at radius 1 is 1.50 bits per heavy atom. The minimum absolute atomic E-state index is 0.0794. The van der Waals surface area contributed by atoms with Crippen LogP contribution in [0.2, 0.25) is 0 Å². The third-order valence-electron chi connectivity index (χ3n) is 2.09. The second-order valence-corrected chi connectivity index (χ2v) is 3.40. The molecule has 98 valence electrons. The maximum Gasteiger partial charge on any atom is 0.243 e. The quantitative estimate of drug-likeness (QED) is 0.708. The minimum Gasteiger partial charge on any atom is -0.481 e. The fourth-order valence-corrected chi connectivity index (χ4v) is 1.16. The molecule has 1 heterocycles. The molecule has 1 rings (SSSR count). The highest BCUT2D eigenvalue weighted by Gasteiger charge is 2.14. The minimum atomic E-state index is -0.691. The van der Waals surface area contributed by atoms with Gasteiger partial charge < -0.3 is 15.2 Å². The number of rotatable bonds is 6. The summed E-state index contributed by atoms with van der Waals surface area (Å²) >= 11 is 0. The summed E-state index contributed by atoms with van der Waals surface area (Å²) in [7, 11) is 2.91. The molecule has 0 saturated heterocycles. The number of nitrogens with one attached hydrogen (secondary N) is 1. The first-order valence-electron chi connectivity index (χ1n) is 5.25. The first-order valence-corrected chi connectivity index (χ1v) is 5.25. The summed E-state index contributed by atoms with van der Waals surface area (Å²) in [5.41, 5.74) is 5.62. The molecule has 1 aromatic rings. The molecule has 1 unspecified atom stereocenters. The van der Waals surface area contributed by atoms with Crippen LogP contribution in [-0.2, 0) is 4.79 Å². The van der Waals surface area contributed by atoms with Gasteiger partial charge in [-0.25, -0.2) is 0 Å². The van der Waals surface area contributed by atoms with Crippen LogP contribution >= 0.6 is 0 Å². The van der Waals surface area contributed by atoms with Gasteiger partial charge in [0.1, 0.15) is 0 Å². The van der Waals surface area contributed by atoms with Crippen LogP contribution in [-0.4, -0.2) is 36.1 Å². The van der Waals surface area contributed by atoms with Crippen molar-refractivity contribution in [1.82, 2.24) is 9.97 Å². The van der Waals surface area contributed by atoms with Crippen LogP contribution in [0.3, 0.4) is 0 Å². The van der Waals surface area contributed by atoms with Crippen LogP contribution in [0.4, 0.5) is 5.95 Å². The Morgan fingerprint density at radius 2 is 2.06 bits per heavy atom. The lowest BCUT2D eigenvalue weighted by Crippen LogP contribution is -2.35. The zero-order valence-electron chi connectivity index (χ0n) is 10.3. The molecule has 0 spiro atoms. The van der Waals surface area contributed by atoms with Gasteiger partial charge in [0, 0.05) is 0 Å². The summed E-state index contributed by atoms with van der Waals surface area (Å²) in [5, 5.41) is 2.48. The van der Waals surface area contributed by atoms with Crippen LogP contribution in [0.15, 0.2) is 18.7 Å². The van der Waals surface area contributed by atoms with E-state index in [9.17, 15) is 4.79 Å². The van der Waals surface area contributed by atoms with Crippen LogP contribution in [0.5, 0.6) is 11.8 Å². The molecule has 1 amide bonds. The lowest BCUT2D eigenvalue weighted by atomic mass is 10.2. The Kier molecular flexibility index (Phi) is 5.06. The fraction of sp³-hybridized carbons (Fsp3) is 0.364. The summed E-state index contributed by atoms with van der Waals surface area (Å²) in [6.45, 7) is 3.51. The van der Waals surface area contributed by atoms with E-state index in [2.05, 4.69) is 21.9 Å². The number of nitrogens with zero attached hydrogens (tertiary/aromatic N) is 2. The van der Waals surface area contributed by atoms with E-state index >= 15 is 0 Å². The molecule has 18 heavy (non-hydrogen) atoms. The van der Waals surface area contributed by atoms with Crippen LogP contribution in [0, 0.1) is 0 Å². The molecule has 0 aliphatic heterocycles. The number of ether oxygens (including phenoxy) is 2. The van der Waals surface area contributed by atoms with Crippen molar-refractivity contribution in [2.24, 2.45) is 5.73 Å².